The Morgan fingerprint density at radius 3 is 1.22 bits per heavy atom. The number of unbranched alkanes of at least 4 members (excludes halogenated alkanes) is 2. The first kappa shape index (κ1) is 35.6. The van der Waals surface area contributed by atoms with Crippen LogP contribution in [0.5, 0.6) is 0 Å². The van der Waals surface area contributed by atoms with E-state index in [9.17, 15) is 0 Å². The van der Waals surface area contributed by atoms with Crippen LogP contribution in [0.1, 0.15) is 189 Å². The third kappa shape index (κ3) is 12.3. The molecule has 0 radical (unpaired) electrons. The first-order chi connectivity index (χ1) is 19.9. The van der Waals surface area contributed by atoms with E-state index < -0.39 is 0 Å². The first-order valence-corrected chi connectivity index (χ1v) is 17.7. The van der Waals surface area contributed by atoms with Crippen molar-refractivity contribution in [2.24, 2.45) is 0 Å². The second-order valence-corrected chi connectivity index (χ2v) is 13.2. The Kier molecular flexibility index (Phi) is 17.7. The van der Waals surface area contributed by atoms with Gasteiger partial charge in [-0.1, -0.05) is 117 Å². The number of hydrogen-bond donors (Lipinski definition) is 0. The summed E-state index contributed by atoms with van der Waals surface area (Å²) in [6, 6.07) is 14.8. The number of aryl methyl sites for hydroxylation is 2. The Balaban J connectivity index is 1.82. The zero-order valence-electron chi connectivity index (χ0n) is 28.5. The summed E-state index contributed by atoms with van der Waals surface area (Å²) in [5, 5.41) is 0. The van der Waals surface area contributed by atoms with Crippen molar-refractivity contribution in [3.05, 3.63) is 69.8 Å². The normalized spacial score (nSPS) is 14.6. The smallest absolute Gasteiger partial charge is 0.0466 e. The summed E-state index contributed by atoms with van der Waals surface area (Å²) in [5.74, 6) is 2.63. The summed E-state index contributed by atoms with van der Waals surface area (Å²) in [7, 11) is 0. The monoisotopic (exact) mass is 563 g/mol. The summed E-state index contributed by atoms with van der Waals surface area (Å²) in [4.78, 5) is 0. The van der Waals surface area contributed by atoms with E-state index in [2.05, 4.69) is 91.8 Å². The van der Waals surface area contributed by atoms with Gasteiger partial charge >= 0.3 is 0 Å². The van der Waals surface area contributed by atoms with Crippen LogP contribution < -0.4 is 0 Å². The number of hydrogen-bond acceptors (Lipinski definition) is 1. The van der Waals surface area contributed by atoms with E-state index in [0.717, 1.165) is 26.1 Å². The maximum absolute atomic E-state index is 6.13. The van der Waals surface area contributed by atoms with E-state index in [-0.39, 0.29) is 0 Å². The lowest BCUT2D eigenvalue weighted by atomic mass is 9.86. The Hall–Kier alpha value is -1.60. The van der Waals surface area contributed by atoms with Gasteiger partial charge in [0.05, 0.1) is 0 Å². The van der Waals surface area contributed by atoms with Crippen molar-refractivity contribution in [1.82, 2.24) is 0 Å². The zero-order valence-corrected chi connectivity index (χ0v) is 28.5. The van der Waals surface area contributed by atoms with Gasteiger partial charge in [-0.25, -0.2) is 0 Å². The highest BCUT2D eigenvalue weighted by molar-refractivity contribution is 5.37. The fourth-order valence-corrected chi connectivity index (χ4v) is 6.78. The van der Waals surface area contributed by atoms with Crippen LogP contribution >= 0.6 is 0 Å². The van der Waals surface area contributed by atoms with Crippen LogP contribution in [-0.2, 0) is 17.6 Å². The Labute approximate surface area is 256 Å². The Morgan fingerprint density at radius 2 is 0.854 bits per heavy atom. The zero-order chi connectivity index (χ0) is 30.0. The third-order valence-electron chi connectivity index (χ3n) is 9.39. The minimum Gasteiger partial charge on any atom is -0.381 e. The molecule has 41 heavy (non-hydrogen) atoms. The Bertz CT molecular complexity index is 882. The van der Waals surface area contributed by atoms with Gasteiger partial charge in [-0.05, 0) is 121 Å². The minimum absolute atomic E-state index is 0.655. The van der Waals surface area contributed by atoms with Crippen LogP contribution in [0, 0.1) is 0 Å². The molecular weight excluding hydrogens is 496 g/mol. The van der Waals surface area contributed by atoms with Crippen LogP contribution in [0.4, 0.5) is 0 Å². The van der Waals surface area contributed by atoms with Gasteiger partial charge in [-0.2, -0.15) is 0 Å². The molecule has 232 valence electrons. The Morgan fingerprint density at radius 1 is 0.488 bits per heavy atom. The molecule has 1 nitrogen and oxygen atoms in total. The number of benzene rings is 2. The van der Waals surface area contributed by atoms with Gasteiger partial charge in [0, 0.05) is 13.2 Å². The molecule has 2 aromatic carbocycles. The predicted octanol–water partition coefficient (Wildman–Crippen LogP) is 12.7. The predicted molar refractivity (Wildman–Crippen MR) is 183 cm³/mol. The largest absolute Gasteiger partial charge is 0.381 e. The van der Waals surface area contributed by atoms with Crippen LogP contribution in [0.25, 0.3) is 0 Å². The molecule has 0 heterocycles. The highest BCUT2D eigenvalue weighted by Gasteiger charge is 2.15. The third-order valence-corrected chi connectivity index (χ3v) is 9.39. The number of rotatable bonds is 22. The van der Waals surface area contributed by atoms with Crippen molar-refractivity contribution in [3.63, 3.8) is 0 Å². The molecule has 0 aliphatic heterocycles. The van der Waals surface area contributed by atoms with Crippen molar-refractivity contribution < 1.29 is 4.74 Å². The van der Waals surface area contributed by atoms with E-state index in [4.69, 9.17) is 4.74 Å². The van der Waals surface area contributed by atoms with Gasteiger partial charge < -0.3 is 4.74 Å². The molecule has 0 fully saturated rings. The summed E-state index contributed by atoms with van der Waals surface area (Å²) in [6.07, 6.45) is 17.3. The molecule has 0 N–H and O–H groups in total. The molecule has 4 atom stereocenters. The lowest BCUT2D eigenvalue weighted by Gasteiger charge is -2.20. The molecule has 0 aromatic heterocycles. The summed E-state index contributed by atoms with van der Waals surface area (Å²) < 4.78 is 6.13. The molecule has 2 aromatic rings. The molecular formula is C40H66O. The summed E-state index contributed by atoms with van der Waals surface area (Å²) in [6.45, 7) is 20.6. The minimum atomic E-state index is 0.655. The van der Waals surface area contributed by atoms with Crippen molar-refractivity contribution in [2.75, 3.05) is 13.2 Å². The van der Waals surface area contributed by atoms with Gasteiger partial charge in [-0.15, -0.1) is 0 Å². The molecule has 0 amide bonds. The summed E-state index contributed by atoms with van der Waals surface area (Å²) in [5.41, 5.74) is 9.42. The second kappa shape index (κ2) is 20.3. The van der Waals surface area contributed by atoms with E-state index in [0.29, 0.717) is 23.7 Å². The van der Waals surface area contributed by atoms with Crippen LogP contribution in [0.3, 0.4) is 0 Å². The molecule has 4 unspecified atom stereocenters. The maximum Gasteiger partial charge on any atom is 0.0466 e. The van der Waals surface area contributed by atoms with Crippen molar-refractivity contribution in [1.29, 1.82) is 0 Å². The van der Waals surface area contributed by atoms with Crippen molar-refractivity contribution in [2.45, 2.75) is 169 Å². The van der Waals surface area contributed by atoms with E-state index in [1.54, 1.807) is 22.3 Å². The maximum atomic E-state index is 6.13. The second-order valence-electron chi connectivity index (χ2n) is 13.2. The van der Waals surface area contributed by atoms with Gasteiger partial charge in [0.1, 0.15) is 0 Å². The fraction of sp³-hybridized carbons (Fsp3) is 0.700. The molecule has 0 aliphatic rings. The summed E-state index contributed by atoms with van der Waals surface area (Å²) >= 11 is 0. The lowest BCUT2D eigenvalue weighted by Crippen LogP contribution is -2.05. The van der Waals surface area contributed by atoms with Gasteiger partial charge in [-0.3, -0.25) is 0 Å². The van der Waals surface area contributed by atoms with E-state index >= 15 is 0 Å². The molecule has 0 bridgehead atoms. The van der Waals surface area contributed by atoms with E-state index in [1.807, 2.05) is 0 Å². The average Bonchev–Trinajstić information content (AvgIpc) is 2.96. The van der Waals surface area contributed by atoms with Crippen LogP contribution in [0.15, 0.2) is 36.4 Å². The topological polar surface area (TPSA) is 9.23 Å². The SMILES string of the molecule is CCCC(C)c1ccc(C(C)CCC)c(CCCCOCCCCc2cc(C(C)CCC)ccc2C(C)CCC)c1. The molecule has 2 rings (SSSR count). The molecule has 0 saturated carbocycles. The molecule has 0 aliphatic carbocycles. The number of ether oxygens (including phenoxy) is 1. The first-order valence-electron chi connectivity index (χ1n) is 17.7. The van der Waals surface area contributed by atoms with Gasteiger partial charge in [0.15, 0.2) is 0 Å². The van der Waals surface area contributed by atoms with E-state index in [1.165, 1.54) is 88.2 Å². The molecule has 0 saturated heterocycles. The quantitative estimate of drug-likeness (QED) is 0.130. The lowest BCUT2D eigenvalue weighted by molar-refractivity contribution is 0.127. The van der Waals surface area contributed by atoms with Crippen LogP contribution in [0.2, 0.25) is 0 Å². The van der Waals surface area contributed by atoms with Crippen molar-refractivity contribution >= 4 is 0 Å². The highest BCUT2D eigenvalue weighted by atomic mass is 16.5. The van der Waals surface area contributed by atoms with Gasteiger partial charge in [0.2, 0.25) is 0 Å². The molecule has 1 heteroatoms. The standard InChI is InChI=1S/C40H66O/c1-9-17-31(5)35-23-25-39(33(7)19-11-3)37(29-35)21-13-15-27-41-28-16-14-22-38-30-36(32(6)18-10-2)24-26-40(38)34(8)20-12-4/h23-26,29-34H,9-22,27-28H2,1-8H3. The average molecular weight is 563 g/mol. The highest BCUT2D eigenvalue weighted by Crippen LogP contribution is 2.31. The molecule has 0 spiro atoms. The fourth-order valence-electron chi connectivity index (χ4n) is 6.78. The van der Waals surface area contributed by atoms with Crippen molar-refractivity contribution in [3.8, 4) is 0 Å². The van der Waals surface area contributed by atoms with Crippen LogP contribution in [-0.4, -0.2) is 13.2 Å². The van der Waals surface area contributed by atoms with Gasteiger partial charge in [0.25, 0.3) is 0 Å².